The second kappa shape index (κ2) is 7.66. The lowest BCUT2D eigenvalue weighted by molar-refractivity contribution is -0.119. The molecule has 0 spiro atoms. The molecule has 1 N–H and O–H groups in total. The number of nitrogens with one attached hydrogen (secondary N) is 1. The van der Waals surface area contributed by atoms with Gasteiger partial charge < -0.3 is 14.8 Å². The molecule has 0 saturated heterocycles. The molecule has 1 aromatic heterocycles. The number of amides is 1. The zero-order valence-electron chi connectivity index (χ0n) is 15.2. The third-order valence-corrected chi connectivity index (χ3v) is 5.67. The predicted molar refractivity (Wildman–Crippen MR) is 95.8 cm³/mol. The summed E-state index contributed by atoms with van der Waals surface area (Å²) in [6, 6.07) is 0. The number of rotatable bonds is 5. The SMILES string of the molecule is CCOC(=O)c1c(NC(=O)COC)sc2c1CC[C@H](C(C)(C)C)C2. The number of hydrogen-bond donors (Lipinski definition) is 1. The van der Waals surface area contributed by atoms with E-state index in [4.69, 9.17) is 9.47 Å². The molecule has 0 bridgehead atoms. The van der Waals surface area contributed by atoms with E-state index in [1.54, 1.807) is 6.92 Å². The predicted octanol–water partition coefficient (Wildman–Crippen LogP) is 3.66. The minimum Gasteiger partial charge on any atom is -0.462 e. The lowest BCUT2D eigenvalue weighted by atomic mass is 9.72. The quantitative estimate of drug-likeness (QED) is 0.821. The van der Waals surface area contributed by atoms with Crippen molar-refractivity contribution in [2.24, 2.45) is 11.3 Å². The Bertz CT molecular complexity index is 615. The Morgan fingerprint density at radius 1 is 1.33 bits per heavy atom. The van der Waals surface area contributed by atoms with E-state index in [0.717, 1.165) is 24.8 Å². The van der Waals surface area contributed by atoms with Gasteiger partial charge in [-0.2, -0.15) is 0 Å². The zero-order valence-corrected chi connectivity index (χ0v) is 16.0. The van der Waals surface area contributed by atoms with E-state index < -0.39 is 0 Å². The van der Waals surface area contributed by atoms with E-state index in [2.05, 4.69) is 26.1 Å². The van der Waals surface area contributed by atoms with Gasteiger partial charge in [0.1, 0.15) is 11.6 Å². The minimum atomic E-state index is -0.350. The fourth-order valence-corrected chi connectivity index (χ4v) is 4.46. The molecule has 6 heteroatoms. The Morgan fingerprint density at radius 2 is 2.04 bits per heavy atom. The summed E-state index contributed by atoms with van der Waals surface area (Å²) in [5.74, 6) is -0.0350. The van der Waals surface area contributed by atoms with Gasteiger partial charge in [-0.15, -0.1) is 11.3 Å². The van der Waals surface area contributed by atoms with Crippen molar-refractivity contribution in [2.45, 2.75) is 47.0 Å². The molecule has 0 aromatic carbocycles. The molecule has 0 fully saturated rings. The molecule has 1 aliphatic rings. The summed E-state index contributed by atoms with van der Waals surface area (Å²) in [4.78, 5) is 25.5. The highest BCUT2D eigenvalue weighted by Gasteiger charge is 2.34. The first-order valence-electron chi connectivity index (χ1n) is 8.38. The van der Waals surface area contributed by atoms with Crippen molar-refractivity contribution in [1.29, 1.82) is 0 Å². The van der Waals surface area contributed by atoms with Gasteiger partial charge in [-0.3, -0.25) is 4.79 Å². The number of thiophene rings is 1. The number of esters is 1. The fourth-order valence-electron chi connectivity index (χ4n) is 3.13. The molecule has 1 heterocycles. The van der Waals surface area contributed by atoms with Crippen LogP contribution in [0.25, 0.3) is 0 Å². The number of carbonyl (C=O) groups excluding carboxylic acids is 2. The van der Waals surface area contributed by atoms with Crippen LogP contribution in [-0.4, -0.2) is 32.2 Å². The third kappa shape index (κ3) is 4.16. The zero-order chi connectivity index (χ0) is 17.9. The highest BCUT2D eigenvalue weighted by atomic mass is 32.1. The van der Waals surface area contributed by atoms with Gasteiger partial charge in [0.05, 0.1) is 12.2 Å². The van der Waals surface area contributed by atoms with Gasteiger partial charge in [-0.1, -0.05) is 20.8 Å². The standard InChI is InChI=1S/C18H27NO4S/c1-6-23-17(21)15-12-8-7-11(18(2,3)4)9-13(12)24-16(15)19-14(20)10-22-5/h11H,6-10H2,1-5H3,(H,19,20)/t11-/m0/s1. The van der Waals surface area contributed by atoms with Crippen molar-refractivity contribution >= 4 is 28.2 Å². The summed E-state index contributed by atoms with van der Waals surface area (Å²) in [7, 11) is 1.47. The van der Waals surface area contributed by atoms with Crippen LogP contribution in [0.4, 0.5) is 5.00 Å². The van der Waals surface area contributed by atoms with Gasteiger partial charge in [0.2, 0.25) is 0 Å². The maximum absolute atomic E-state index is 12.4. The molecular formula is C18H27NO4S. The molecule has 134 valence electrons. The van der Waals surface area contributed by atoms with Crippen LogP contribution in [-0.2, 0) is 27.1 Å². The van der Waals surface area contributed by atoms with E-state index in [1.165, 1.54) is 23.3 Å². The highest BCUT2D eigenvalue weighted by molar-refractivity contribution is 7.17. The highest BCUT2D eigenvalue weighted by Crippen LogP contribution is 2.44. The Labute approximate surface area is 147 Å². The van der Waals surface area contributed by atoms with Crippen molar-refractivity contribution in [3.63, 3.8) is 0 Å². The molecule has 0 aliphatic heterocycles. The molecular weight excluding hydrogens is 326 g/mol. The Balaban J connectivity index is 2.35. The smallest absolute Gasteiger partial charge is 0.341 e. The summed E-state index contributed by atoms with van der Waals surface area (Å²) in [6.45, 7) is 8.84. The molecule has 2 rings (SSSR count). The van der Waals surface area contributed by atoms with Crippen molar-refractivity contribution in [1.82, 2.24) is 0 Å². The molecule has 24 heavy (non-hydrogen) atoms. The average Bonchev–Trinajstić information content (AvgIpc) is 2.83. The third-order valence-electron chi connectivity index (χ3n) is 4.50. The second-order valence-electron chi connectivity index (χ2n) is 7.22. The van der Waals surface area contributed by atoms with E-state index >= 15 is 0 Å². The number of methoxy groups -OCH3 is 1. The van der Waals surface area contributed by atoms with E-state index in [-0.39, 0.29) is 23.9 Å². The van der Waals surface area contributed by atoms with Gasteiger partial charge in [-0.25, -0.2) is 4.79 Å². The molecule has 0 radical (unpaired) electrons. The minimum absolute atomic E-state index is 0.0323. The molecule has 0 saturated carbocycles. The van der Waals surface area contributed by atoms with Crippen LogP contribution >= 0.6 is 11.3 Å². The first-order chi connectivity index (χ1) is 11.3. The Hall–Kier alpha value is -1.40. The number of anilines is 1. The van der Waals surface area contributed by atoms with Crippen LogP contribution in [0.2, 0.25) is 0 Å². The second-order valence-corrected chi connectivity index (χ2v) is 8.32. The van der Waals surface area contributed by atoms with Crippen LogP contribution < -0.4 is 5.32 Å². The van der Waals surface area contributed by atoms with Gasteiger partial charge in [-0.05, 0) is 43.1 Å². The summed E-state index contributed by atoms with van der Waals surface area (Å²) in [6.07, 6.45) is 2.84. The van der Waals surface area contributed by atoms with Crippen molar-refractivity contribution < 1.29 is 19.1 Å². The molecule has 1 amide bonds. The van der Waals surface area contributed by atoms with Crippen molar-refractivity contribution in [3.8, 4) is 0 Å². The first kappa shape index (κ1) is 18.9. The van der Waals surface area contributed by atoms with Gasteiger partial charge in [0, 0.05) is 12.0 Å². The maximum atomic E-state index is 12.4. The lowest BCUT2D eigenvalue weighted by Crippen LogP contribution is -2.26. The Kier molecular flexibility index (Phi) is 6.04. The number of carbonyl (C=O) groups is 2. The first-order valence-corrected chi connectivity index (χ1v) is 9.20. The molecule has 1 aromatic rings. The summed E-state index contributed by atoms with van der Waals surface area (Å²) in [5, 5.41) is 3.41. The van der Waals surface area contributed by atoms with Gasteiger partial charge in [0.25, 0.3) is 5.91 Å². The molecule has 1 atom stereocenters. The molecule has 5 nitrogen and oxygen atoms in total. The summed E-state index contributed by atoms with van der Waals surface area (Å²) < 4.78 is 10.1. The van der Waals surface area contributed by atoms with Crippen LogP contribution in [0.3, 0.4) is 0 Å². The molecule has 1 aliphatic carbocycles. The van der Waals surface area contributed by atoms with Crippen LogP contribution in [0.5, 0.6) is 0 Å². The summed E-state index contributed by atoms with van der Waals surface area (Å²) in [5.41, 5.74) is 1.81. The lowest BCUT2D eigenvalue weighted by Gasteiger charge is -2.33. The topological polar surface area (TPSA) is 64.6 Å². The maximum Gasteiger partial charge on any atom is 0.341 e. The van der Waals surface area contributed by atoms with Crippen LogP contribution in [0.1, 0.15) is 54.9 Å². The van der Waals surface area contributed by atoms with Gasteiger partial charge in [0.15, 0.2) is 0 Å². The molecule has 0 unspecified atom stereocenters. The van der Waals surface area contributed by atoms with Crippen LogP contribution in [0, 0.1) is 11.3 Å². The van der Waals surface area contributed by atoms with Crippen molar-refractivity contribution in [3.05, 3.63) is 16.0 Å². The van der Waals surface area contributed by atoms with E-state index in [9.17, 15) is 9.59 Å². The van der Waals surface area contributed by atoms with Crippen LogP contribution in [0.15, 0.2) is 0 Å². The summed E-state index contributed by atoms with van der Waals surface area (Å²) >= 11 is 1.50. The number of hydrogen-bond acceptors (Lipinski definition) is 5. The monoisotopic (exact) mass is 353 g/mol. The van der Waals surface area contributed by atoms with Gasteiger partial charge >= 0.3 is 5.97 Å². The van der Waals surface area contributed by atoms with E-state index in [0.29, 0.717) is 23.1 Å². The Morgan fingerprint density at radius 3 is 2.62 bits per heavy atom. The van der Waals surface area contributed by atoms with Crippen molar-refractivity contribution in [2.75, 3.05) is 25.6 Å². The largest absolute Gasteiger partial charge is 0.462 e. The number of fused-ring (bicyclic) bond motifs is 1. The normalized spacial score (nSPS) is 17.3. The fraction of sp³-hybridized carbons (Fsp3) is 0.667. The number of ether oxygens (including phenoxy) is 2. The average molecular weight is 353 g/mol. The van der Waals surface area contributed by atoms with E-state index in [1.807, 2.05) is 0 Å².